The number of rotatable bonds is 5. The molecular formula is C30H31N3O4. The number of hydrogen-bond acceptors (Lipinski definition) is 6. The van der Waals surface area contributed by atoms with Crippen molar-refractivity contribution in [2.45, 2.75) is 51.8 Å². The summed E-state index contributed by atoms with van der Waals surface area (Å²) in [4.78, 5) is 36.0. The van der Waals surface area contributed by atoms with E-state index < -0.39 is 5.60 Å². The molecule has 3 heterocycles. The second kappa shape index (κ2) is 10.3. The number of pyridine rings is 2. The summed E-state index contributed by atoms with van der Waals surface area (Å²) in [6, 6.07) is 17.7. The lowest BCUT2D eigenvalue weighted by Gasteiger charge is -2.35. The molecule has 7 heteroatoms. The van der Waals surface area contributed by atoms with Crippen LogP contribution in [0.25, 0.3) is 32.9 Å². The molecule has 0 saturated carbocycles. The Kier molecular flexibility index (Phi) is 6.89. The molecule has 0 bridgehead atoms. The van der Waals surface area contributed by atoms with Gasteiger partial charge in [-0.3, -0.25) is 9.78 Å². The highest BCUT2D eigenvalue weighted by Crippen LogP contribution is 2.34. The quantitative estimate of drug-likeness (QED) is 0.306. The number of aromatic nitrogens is 2. The second-order valence-corrected chi connectivity index (χ2v) is 10.4. The molecule has 0 aliphatic carbocycles. The molecule has 1 saturated heterocycles. The standard InChI is InChI=1S/C30H31N3O4/c1-30(2,3)37-29(35)33(23-11-14-36-15-12-23)18-20-9-10-27-26(16-20)25(17-22(19-34)32-27)24-8-4-6-21-7-5-13-31-28(21)24/h4-10,13,16-17,19,23H,11-12,14-15,18H2,1-3H3. The Morgan fingerprint density at radius 2 is 1.86 bits per heavy atom. The highest BCUT2D eigenvalue weighted by Gasteiger charge is 2.30. The van der Waals surface area contributed by atoms with Gasteiger partial charge in [-0.25, -0.2) is 9.78 Å². The Morgan fingerprint density at radius 1 is 1.08 bits per heavy atom. The van der Waals surface area contributed by atoms with Crippen LogP contribution in [0.5, 0.6) is 0 Å². The van der Waals surface area contributed by atoms with Gasteiger partial charge in [-0.1, -0.05) is 30.3 Å². The van der Waals surface area contributed by atoms with Gasteiger partial charge in [0.05, 0.1) is 11.0 Å². The molecule has 7 nitrogen and oxygen atoms in total. The van der Waals surface area contributed by atoms with Gasteiger partial charge in [0.1, 0.15) is 11.3 Å². The Bertz CT molecular complexity index is 1450. The van der Waals surface area contributed by atoms with E-state index in [9.17, 15) is 9.59 Å². The Hall–Kier alpha value is -3.84. The van der Waals surface area contributed by atoms with Crippen molar-refractivity contribution in [3.63, 3.8) is 0 Å². The third-order valence-electron chi connectivity index (χ3n) is 6.55. The van der Waals surface area contributed by atoms with Crippen LogP contribution >= 0.6 is 0 Å². The normalized spacial score (nSPS) is 14.6. The van der Waals surface area contributed by atoms with Crippen LogP contribution in [0.15, 0.2) is 60.8 Å². The van der Waals surface area contributed by atoms with Gasteiger partial charge in [0.2, 0.25) is 0 Å². The molecule has 0 atom stereocenters. The number of hydrogen-bond donors (Lipinski definition) is 0. The minimum Gasteiger partial charge on any atom is -0.444 e. The molecule has 37 heavy (non-hydrogen) atoms. The molecular weight excluding hydrogens is 466 g/mol. The third-order valence-corrected chi connectivity index (χ3v) is 6.55. The van der Waals surface area contributed by atoms with Crippen LogP contribution in [0.1, 0.15) is 49.7 Å². The maximum atomic E-state index is 13.2. The maximum absolute atomic E-state index is 13.2. The molecule has 1 aliphatic heterocycles. The van der Waals surface area contributed by atoms with Gasteiger partial charge in [-0.05, 0) is 69.0 Å². The van der Waals surface area contributed by atoms with Gasteiger partial charge in [0.15, 0.2) is 6.29 Å². The van der Waals surface area contributed by atoms with Crippen molar-refractivity contribution in [3.8, 4) is 11.1 Å². The lowest BCUT2D eigenvalue weighted by Crippen LogP contribution is -2.45. The largest absolute Gasteiger partial charge is 0.444 e. The summed E-state index contributed by atoms with van der Waals surface area (Å²) in [6.07, 6.45) is 3.75. The van der Waals surface area contributed by atoms with Crippen molar-refractivity contribution in [1.82, 2.24) is 14.9 Å². The molecule has 5 rings (SSSR count). The van der Waals surface area contributed by atoms with Crippen molar-refractivity contribution in [1.29, 1.82) is 0 Å². The minimum atomic E-state index is -0.590. The van der Waals surface area contributed by atoms with Crippen LogP contribution < -0.4 is 0 Å². The summed E-state index contributed by atoms with van der Waals surface area (Å²) in [5.41, 5.74) is 4.12. The number of fused-ring (bicyclic) bond motifs is 2. The molecule has 0 N–H and O–H groups in total. The highest BCUT2D eigenvalue weighted by atomic mass is 16.6. The molecule has 190 valence electrons. The Labute approximate surface area is 216 Å². The number of para-hydroxylation sites is 1. The first kappa shape index (κ1) is 24.8. The summed E-state index contributed by atoms with van der Waals surface area (Å²) < 4.78 is 11.3. The summed E-state index contributed by atoms with van der Waals surface area (Å²) in [5.74, 6) is 0. The first-order chi connectivity index (χ1) is 17.8. The van der Waals surface area contributed by atoms with E-state index in [4.69, 9.17) is 9.47 Å². The lowest BCUT2D eigenvalue weighted by atomic mass is 9.96. The number of nitrogens with zero attached hydrogens (tertiary/aromatic N) is 3. The van der Waals surface area contributed by atoms with E-state index >= 15 is 0 Å². The zero-order valence-electron chi connectivity index (χ0n) is 21.4. The third kappa shape index (κ3) is 5.47. The van der Waals surface area contributed by atoms with E-state index in [2.05, 4.69) is 16.0 Å². The first-order valence-corrected chi connectivity index (χ1v) is 12.6. The van der Waals surface area contributed by atoms with E-state index in [1.807, 2.05) is 74.2 Å². The predicted octanol–water partition coefficient (Wildman–Crippen LogP) is 6.18. The predicted molar refractivity (Wildman–Crippen MR) is 143 cm³/mol. The fourth-order valence-corrected chi connectivity index (χ4v) is 4.85. The number of benzene rings is 2. The van der Waals surface area contributed by atoms with Gasteiger partial charge in [0, 0.05) is 48.3 Å². The number of carbonyl (C=O) groups excluding carboxylic acids is 2. The van der Waals surface area contributed by atoms with Crippen molar-refractivity contribution in [2.75, 3.05) is 13.2 Å². The van der Waals surface area contributed by atoms with E-state index in [1.54, 1.807) is 6.20 Å². The summed E-state index contributed by atoms with van der Waals surface area (Å²) in [5, 5.41) is 1.92. The van der Waals surface area contributed by atoms with Gasteiger partial charge >= 0.3 is 6.09 Å². The highest BCUT2D eigenvalue weighted by molar-refractivity contribution is 6.04. The van der Waals surface area contributed by atoms with E-state index in [-0.39, 0.29) is 12.1 Å². The number of carbonyl (C=O) groups is 2. The molecule has 4 aromatic rings. The van der Waals surface area contributed by atoms with Crippen LogP contribution in [-0.2, 0) is 16.0 Å². The lowest BCUT2D eigenvalue weighted by molar-refractivity contribution is -0.00808. The molecule has 0 unspecified atom stereocenters. The maximum Gasteiger partial charge on any atom is 0.410 e. The second-order valence-electron chi connectivity index (χ2n) is 10.4. The summed E-state index contributed by atoms with van der Waals surface area (Å²) in [7, 11) is 0. The smallest absolute Gasteiger partial charge is 0.410 e. The van der Waals surface area contributed by atoms with Crippen LogP contribution in [0, 0.1) is 0 Å². The van der Waals surface area contributed by atoms with Crippen molar-refractivity contribution < 1.29 is 19.1 Å². The molecule has 1 fully saturated rings. The molecule has 0 radical (unpaired) electrons. The van der Waals surface area contributed by atoms with Crippen molar-refractivity contribution >= 4 is 34.2 Å². The van der Waals surface area contributed by atoms with Gasteiger partial charge < -0.3 is 14.4 Å². The van der Waals surface area contributed by atoms with Gasteiger partial charge in [0.25, 0.3) is 0 Å². The zero-order valence-corrected chi connectivity index (χ0v) is 21.4. The zero-order chi connectivity index (χ0) is 26.0. The molecule has 0 spiro atoms. The first-order valence-electron chi connectivity index (χ1n) is 12.6. The molecule has 1 aliphatic rings. The topological polar surface area (TPSA) is 81.6 Å². The van der Waals surface area contributed by atoms with Crippen LogP contribution in [0.3, 0.4) is 0 Å². The number of amides is 1. The van der Waals surface area contributed by atoms with Crippen molar-refractivity contribution in [2.24, 2.45) is 0 Å². The monoisotopic (exact) mass is 497 g/mol. The number of ether oxygens (including phenoxy) is 2. The average Bonchev–Trinajstić information content (AvgIpc) is 2.90. The average molecular weight is 498 g/mol. The van der Waals surface area contributed by atoms with E-state index in [0.717, 1.165) is 52.1 Å². The SMILES string of the molecule is CC(C)(C)OC(=O)N(Cc1ccc2nc(C=O)cc(-c3cccc4cccnc34)c2c1)C1CCOCC1. The fourth-order valence-electron chi connectivity index (χ4n) is 4.85. The Balaban J connectivity index is 1.59. The van der Waals surface area contributed by atoms with E-state index in [0.29, 0.717) is 31.0 Å². The van der Waals surface area contributed by atoms with Gasteiger partial charge in [-0.2, -0.15) is 0 Å². The molecule has 2 aromatic heterocycles. The fraction of sp³-hybridized carbons (Fsp3) is 0.333. The molecule has 2 aromatic carbocycles. The molecule has 1 amide bonds. The van der Waals surface area contributed by atoms with Crippen LogP contribution in [0.4, 0.5) is 4.79 Å². The van der Waals surface area contributed by atoms with Crippen LogP contribution in [0.2, 0.25) is 0 Å². The Morgan fingerprint density at radius 3 is 2.62 bits per heavy atom. The summed E-state index contributed by atoms with van der Waals surface area (Å²) >= 11 is 0. The van der Waals surface area contributed by atoms with Crippen molar-refractivity contribution in [3.05, 3.63) is 72.1 Å². The van der Waals surface area contributed by atoms with Crippen LogP contribution in [-0.4, -0.2) is 52.1 Å². The van der Waals surface area contributed by atoms with Gasteiger partial charge in [-0.15, -0.1) is 0 Å². The van der Waals surface area contributed by atoms with E-state index in [1.165, 1.54) is 0 Å². The summed E-state index contributed by atoms with van der Waals surface area (Å²) in [6.45, 7) is 7.28. The minimum absolute atomic E-state index is 0.0385. The number of aldehydes is 1.